The van der Waals surface area contributed by atoms with Gasteiger partial charge >= 0.3 is 351 Å². The molecule has 336 valence electrons. The van der Waals surface area contributed by atoms with Gasteiger partial charge in [-0.15, -0.1) is 0 Å². The summed E-state index contributed by atoms with van der Waals surface area (Å²) in [6, 6.07) is 16.2. The Kier molecular flexibility index (Phi) is 16.1. The third-order valence-corrected chi connectivity index (χ3v) is 18.0. The van der Waals surface area contributed by atoms with Crippen molar-refractivity contribution in [1.82, 2.24) is 10.6 Å². The molecule has 0 spiro atoms. The number of nitrogens with zero attached hydrogens (tertiary/aromatic N) is 2. The van der Waals surface area contributed by atoms with Crippen LogP contribution in [0.15, 0.2) is 81.0 Å². The number of carboxylic acids is 1. The van der Waals surface area contributed by atoms with Crippen molar-refractivity contribution < 1.29 is 66.3 Å². The number of hydrogen-bond acceptors (Lipinski definition) is 9. The number of para-hydroxylation sites is 1. The summed E-state index contributed by atoms with van der Waals surface area (Å²) >= 11 is 1.74. The Balaban J connectivity index is 1.30. The topological polar surface area (TPSA) is 162 Å². The average Bonchev–Trinajstić information content (AvgIpc) is 3.33. The predicted octanol–water partition coefficient (Wildman–Crippen LogP) is 5.04. The molecule has 62 heavy (non-hydrogen) atoms. The van der Waals surface area contributed by atoms with Crippen molar-refractivity contribution in [2.75, 3.05) is 42.4 Å². The van der Waals surface area contributed by atoms with Gasteiger partial charge in [0, 0.05) is 0 Å². The average molecular weight is 1070 g/mol. The number of unbranched alkanes of at least 4 members (excludes halogenated alkanes) is 6. The Morgan fingerprint density at radius 1 is 0.710 bits per heavy atom. The number of esters is 1. The normalized spacial score (nSPS) is 17.3. The monoisotopic (exact) mass is 1070 g/mol. The van der Waals surface area contributed by atoms with Crippen LogP contribution < -0.4 is 40.4 Å². The van der Waals surface area contributed by atoms with E-state index in [1.165, 1.54) is 42.7 Å². The fourth-order valence-electron chi connectivity index (χ4n) is 7.84. The molecule has 0 saturated heterocycles. The second-order valence-electron chi connectivity index (χ2n) is 15.2. The standard InChI is InChI=1S/C44H51BrF2IN4O8S2/c1-4-60-42(55)18-10-6-8-14-22-50-44-30-20-19-28(23-38(30)52(3)61(56,57)39-26-33(45)34(46)24-31(39)44)48-36-27-40-32(25-35(36)47)43(49-21-13-7-5-9-17-41(53)54)29-15-11-12-16-37(29)51(2)62(40,58)59/h11-12,15-16,19-20,23-27,43-44,49-50H,4-10,13-14,17-18,21-22H2,1-3H3,(H,53,54)/q-1. The molecule has 0 radical (unpaired) electrons. The molecule has 4 aromatic carbocycles. The van der Waals surface area contributed by atoms with E-state index in [0.717, 1.165) is 30.0 Å². The minimum absolute atomic E-state index is 0.00103. The summed E-state index contributed by atoms with van der Waals surface area (Å²) < 4.78 is 96.9. The summed E-state index contributed by atoms with van der Waals surface area (Å²) in [5, 5.41) is 15.9. The Labute approximate surface area is 381 Å². The first kappa shape index (κ1) is 47.8. The Bertz CT molecular complexity index is 2530. The third-order valence-electron chi connectivity index (χ3n) is 11.1. The van der Waals surface area contributed by atoms with Crippen molar-refractivity contribution in [2.45, 2.75) is 93.0 Å². The van der Waals surface area contributed by atoms with E-state index in [1.54, 1.807) is 43.3 Å². The maximum atomic E-state index is 16.5. The van der Waals surface area contributed by atoms with E-state index in [0.29, 0.717) is 77.9 Å². The zero-order valence-electron chi connectivity index (χ0n) is 34.7. The zero-order valence-corrected chi connectivity index (χ0v) is 40.1. The Morgan fingerprint density at radius 3 is 1.89 bits per heavy atom. The molecule has 2 aliphatic heterocycles. The number of ether oxygens (including phenoxy) is 1. The fraction of sp³-hybridized carbons (Fsp3) is 0.409. The van der Waals surface area contributed by atoms with Gasteiger partial charge in [0.25, 0.3) is 0 Å². The molecule has 0 fully saturated rings. The van der Waals surface area contributed by atoms with Crippen LogP contribution in [0.3, 0.4) is 0 Å². The Morgan fingerprint density at radius 2 is 1.26 bits per heavy atom. The predicted molar refractivity (Wildman–Crippen MR) is 232 cm³/mol. The molecular weight excluding hydrogens is 1020 g/mol. The second kappa shape index (κ2) is 20.9. The number of halogens is 4. The molecule has 0 amide bonds. The van der Waals surface area contributed by atoms with E-state index in [2.05, 4.69) is 26.6 Å². The molecule has 4 aromatic rings. The van der Waals surface area contributed by atoms with Crippen molar-refractivity contribution in [2.24, 2.45) is 0 Å². The summed E-state index contributed by atoms with van der Waals surface area (Å²) in [6.07, 6.45) is 6.18. The molecule has 0 saturated carbocycles. The van der Waals surface area contributed by atoms with Gasteiger partial charge in [0.05, 0.1) is 6.61 Å². The number of hydrogen-bond donors (Lipinski definition) is 3. The molecule has 2 aliphatic rings. The van der Waals surface area contributed by atoms with Crippen LogP contribution in [-0.4, -0.2) is 67.7 Å². The van der Waals surface area contributed by atoms with Crippen LogP contribution in [-0.2, 0) is 34.4 Å². The van der Waals surface area contributed by atoms with Crippen LogP contribution in [0.2, 0.25) is 0 Å². The first-order valence-corrected chi connectivity index (χ1v) is 26.4. The van der Waals surface area contributed by atoms with Gasteiger partial charge in [-0.2, -0.15) is 0 Å². The first-order valence-electron chi connectivity index (χ1n) is 20.6. The number of anilines is 2. The van der Waals surface area contributed by atoms with Crippen molar-refractivity contribution in [3.63, 3.8) is 0 Å². The quantitative estimate of drug-likeness (QED) is 0.0660. The zero-order chi connectivity index (χ0) is 44.8. The number of carbonyl (C=O) groups excluding carboxylic acids is 1. The number of benzene rings is 4. The van der Waals surface area contributed by atoms with Crippen molar-refractivity contribution in [3.8, 4) is 0 Å². The van der Waals surface area contributed by atoms with Gasteiger partial charge in [-0.05, 0) is 6.92 Å². The molecule has 0 bridgehead atoms. The molecule has 2 heterocycles. The minimum atomic E-state index is -4.21. The van der Waals surface area contributed by atoms with Crippen LogP contribution >= 0.6 is 15.9 Å². The van der Waals surface area contributed by atoms with Gasteiger partial charge in [-0.3, -0.25) is 9.59 Å². The number of rotatable bonds is 19. The van der Waals surface area contributed by atoms with E-state index in [1.807, 2.05) is 6.07 Å². The molecule has 0 aromatic heterocycles. The summed E-state index contributed by atoms with van der Waals surface area (Å²) in [4.78, 5) is 22.5. The number of carboxylic acid groups (broad SMARTS) is 1. The number of nitrogens with one attached hydrogen (secondary N) is 2. The number of fused-ring (bicyclic) bond motifs is 4. The summed E-state index contributed by atoms with van der Waals surface area (Å²) in [6.45, 7) is 3.05. The fourth-order valence-corrected chi connectivity index (χ4v) is 13.8. The van der Waals surface area contributed by atoms with Crippen LogP contribution in [0.1, 0.15) is 105 Å². The third kappa shape index (κ3) is 10.6. The summed E-state index contributed by atoms with van der Waals surface area (Å²) in [7, 11) is -5.47. The van der Waals surface area contributed by atoms with Gasteiger partial charge in [0.2, 0.25) is 0 Å². The molecule has 18 heteroatoms. The van der Waals surface area contributed by atoms with Crippen LogP contribution in [0.25, 0.3) is 0 Å². The van der Waals surface area contributed by atoms with Gasteiger partial charge in [0.15, 0.2) is 0 Å². The van der Waals surface area contributed by atoms with Gasteiger partial charge < -0.3 is 9.84 Å². The van der Waals surface area contributed by atoms with Crippen molar-refractivity contribution in [3.05, 3.63) is 112 Å². The van der Waals surface area contributed by atoms with Gasteiger partial charge in [-0.25, -0.2) is 0 Å². The van der Waals surface area contributed by atoms with Crippen LogP contribution in [0.4, 0.5) is 20.2 Å². The molecule has 3 N–H and O–H groups in total. The molecule has 2 atom stereocenters. The van der Waals surface area contributed by atoms with Crippen molar-refractivity contribution >= 4 is 59.3 Å². The molecule has 6 rings (SSSR count). The summed E-state index contributed by atoms with van der Waals surface area (Å²) in [5.74, 6) is -2.28. The molecule has 12 nitrogen and oxygen atoms in total. The number of sulfonamides is 2. The van der Waals surface area contributed by atoms with Gasteiger partial charge in [0.1, 0.15) is 0 Å². The maximum absolute atomic E-state index is 16.5. The van der Waals surface area contributed by atoms with Gasteiger partial charge in [-0.1, -0.05) is 0 Å². The van der Waals surface area contributed by atoms with E-state index in [-0.39, 0.29) is 41.4 Å². The van der Waals surface area contributed by atoms with Crippen molar-refractivity contribution in [1.29, 1.82) is 0 Å². The Hall–Kier alpha value is -3.69. The molecule has 2 unspecified atom stereocenters. The second-order valence-corrected chi connectivity index (χ2v) is 22.9. The molecule has 0 aliphatic carbocycles. The van der Waals surface area contributed by atoms with Crippen LogP contribution in [0, 0.1) is 18.8 Å². The van der Waals surface area contributed by atoms with E-state index in [9.17, 15) is 26.4 Å². The first-order chi connectivity index (χ1) is 29.6. The number of carbonyl (C=O) groups is 2. The summed E-state index contributed by atoms with van der Waals surface area (Å²) in [5.41, 5.74) is 2.55. The molecular formula is C44H51BrF2IN4O8S2-. The van der Waals surface area contributed by atoms with E-state index in [4.69, 9.17) is 9.84 Å². The van der Waals surface area contributed by atoms with Crippen LogP contribution in [0.5, 0.6) is 0 Å². The van der Waals surface area contributed by atoms with E-state index >= 15 is 8.78 Å². The van der Waals surface area contributed by atoms with E-state index < -0.39 is 70.9 Å². The SMILES string of the molecule is CCOC(=O)CCCCCCNC1c2ccc([I-]c3cc4c(cc3F)C(NCCCCCCC(=O)O)c3ccccc3N(C)S4(=O)=O)cc2N(C)S(=O)(=O)c2cc(Br)c(F)cc21. The number of aliphatic carboxylic acids is 1.